The van der Waals surface area contributed by atoms with Gasteiger partial charge in [0.05, 0.1) is 11.9 Å². The summed E-state index contributed by atoms with van der Waals surface area (Å²) in [6.07, 6.45) is 6.94. The molecular weight excluding hydrogens is 306 g/mol. The second-order valence-electron chi connectivity index (χ2n) is 4.73. The summed E-state index contributed by atoms with van der Waals surface area (Å²) in [5, 5.41) is 4.72. The zero-order valence-electron chi connectivity index (χ0n) is 11.5. The molecule has 0 bridgehead atoms. The first-order chi connectivity index (χ1) is 10.1. The van der Waals surface area contributed by atoms with Crippen LogP contribution in [0.3, 0.4) is 0 Å². The van der Waals surface area contributed by atoms with Crippen molar-refractivity contribution in [2.75, 3.05) is 17.2 Å². The zero-order valence-corrected chi connectivity index (χ0v) is 13.1. The Hall–Kier alpha value is -1.72. The summed E-state index contributed by atoms with van der Waals surface area (Å²) < 4.78 is 1.71. The number of halogens is 1. The fraction of sp³-hybridized carbons (Fsp3) is 0.200. The van der Waals surface area contributed by atoms with E-state index in [0.717, 1.165) is 21.9 Å². The number of amides is 1. The lowest BCUT2D eigenvalue weighted by Gasteiger charge is -2.28. The molecule has 21 heavy (non-hydrogen) atoms. The molecule has 1 amide bonds. The number of carbonyl (C=O) groups is 1. The Balaban J connectivity index is 1.83. The maximum atomic E-state index is 12.4. The smallest absolute Gasteiger partial charge is 0.251 e. The van der Waals surface area contributed by atoms with Crippen molar-refractivity contribution < 1.29 is 4.79 Å². The molecule has 6 heteroatoms. The number of rotatable bonds is 2. The molecule has 0 radical (unpaired) electrons. The molecule has 1 aromatic heterocycles. The number of aromatic nitrogens is 2. The highest BCUT2D eigenvalue weighted by molar-refractivity contribution is 7.99. The molecule has 108 valence electrons. The first-order valence-electron chi connectivity index (χ1n) is 6.54. The number of thioether (sulfide) groups is 1. The quantitative estimate of drug-likeness (QED) is 0.798. The van der Waals surface area contributed by atoms with Gasteiger partial charge in [-0.25, -0.2) is 0 Å². The van der Waals surface area contributed by atoms with Crippen LogP contribution in [0.5, 0.6) is 0 Å². The van der Waals surface area contributed by atoms with Gasteiger partial charge >= 0.3 is 0 Å². The molecule has 1 aliphatic heterocycles. The molecule has 0 fully saturated rings. The number of carbonyl (C=O) groups excluding carboxylic acids is 1. The molecule has 0 N–H and O–H groups in total. The minimum Gasteiger partial charge on any atom is -0.307 e. The summed E-state index contributed by atoms with van der Waals surface area (Å²) in [5.41, 5.74) is 1.79. The molecule has 3 rings (SSSR count). The number of anilines is 1. The van der Waals surface area contributed by atoms with Crippen LogP contribution in [0.4, 0.5) is 5.69 Å². The predicted octanol–water partition coefficient (Wildman–Crippen LogP) is 3.23. The number of hydrogen-bond acceptors (Lipinski definition) is 3. The zero-order chi connectivity index (χ0) is 14.8. The Labute approximate surface area is 132 Å². The van der Waals surface area contributed by atoms with Gasteiger partial charge in [-0.2, -0.15) is 5.10 Å². The molecule has 1 aromatic carbocycles. The number of hydrogen-bond donors (Lipinski definition) is 0. The standard InChI is InChI=1S/C15H14ClN3OS/c1-18-10-11(9-17-18)2-5-15(20)19-6-7-21-14-4-3-12(16)8-13(14)19/h2-5,8-10H,6-7H2,1H3. The number of benzene rings is 1. The van der Waals surface area contributed by atoms with E-state index < -0.39 is 0 Å². The highest BCUT2D eigenvalue weighted by atomic mass is 35.5. The summed E-state index contributed by atoms with van der Waals surface area (Å²) >= 11 is 7.79. The Morgan fingerprint density at radius 1 is 1.48 bits per heavy atom. The van der Waals surface area contributed by atoms with Crippen LogP contribution in [0.25, 0.3) is 6.08 Å². The fourth-order valence-electron chi connectivity index (χ4n) is 2.20. The van der Waals surface area contributed by atoms with E-state index in [1.165, 1.54) is 0 Å². The molecule has 4 nitrogen and oxygen atoms in total. The van der Waals surface area contributed by atoms with Gasteiger partial charge in [-0.15, -0.1) is 11.8 Å². The SMILES string of the molecule is Cn1cc(C=CC(=O)N2CCSc3ccc(Cl)cc32)cn1. The first-order valence-corrected chi connectivity index (χ1v) is 7.90. The maximum Gasteiger partial charge on any atom is 0.251 e. The van der Waals surface area contributed by atoms with E-state index in [4.69, 9.17) is 11.6 Å². The van der Waals surface area contributed by atoms with Crippen LogP contribution in [0.2, 0.25) is 5.02 Å². The van der Waals surface area contributed by atoms with Crippen LogP contribution in [-0.4, -0.2) is 28.0 Å². The predicted molar refractivity (Wildman–Crippen MR) is 86.8 cm³/mol. The summed E-state index contributed by atoms with van der Waals surface area (Å²) in [6.45, 7) is 0.689. The molecule has 2 aromatic rings. The normalized spacial score (nSPS) is 14.5. The minimum absolute atomic E-state index is 0.0392. The van der Waals surface area contributed by atoms with Gasteiger partial charge in [0.1, 0.15) is 0 Å². The largest absolute Gasteiger partial charge is 0.307 e. The fourth-order valence-corrected chi connectivity index (χ4v) is 3.34. The second kappa shape index (κ2) is 5.95. The van der Waals surface area contributed by atoms with Crippen molar-refractivity contribution in [2.24, 2.45) is 7.05 Å². The third-order valence-corrected chi connectivity index (χ3v) is 4.47. The summed E-state index contributed by atoms with van der Waals surface area (Å²) in [7, 11) is 1.85. The van der Waals surface area contributed by atoms with Crippen LogP contribution < -0.4 is 4.90 Å². The number of nitrogens with zero attached hydrogens (tertiary/aromatic N) is 3. The minimum atomic E-state index is -0.0392. The van der Waals surface area contributed by atoms with Crippen molar-refractivity contribution in [1.82, 2.24) is 9.78 Å². The lowest BCUT2D eigenvalue weighted by Crippen LogP contribution is -2.34. The molecular formula is C15H14ClN3OS. The van der Waals surface area contributed by atoms with Gasteiger partial charge in [0, 0.05) is 47.1 Å². The number of fused-ring (bicyclic) bond motifs is 1. The average Bonchev–Trinajstić information content (AvgIpc) is 2.89. The average molecular weight is 320 g/mol. The summed E-state index contributed by atoms with van der Waals surface area (Å²) in [4.78, 5) is 15.3. The van der Waals surface area contributed by atoms with Crippen molar-refractivity contribution in [2.45, 2.75) is 4.90 Å². The third-order valence-electron chi connectivity index (χ3n) is 3.19. The van der Waals surface area contributed by atoms with Gasteiger partial charge < -0.3 is 4.90 Å². The Kier molecular flexibility index (Phi) is 4.03. The van der Waals surface area contributed by atoms with Crippen molar-refractivity contribution in [1.29, 1.82) is 0 Å². The van der Waals surface area contributed by atoms with E-state index in [1.54, 1.807) is 39.7 Å². The van der Waals surface area contributed by atoms with Crippen LogP contribution in [0.15, 0.2) is 41.6 Å². The highest BCUT2D eigenvalue weighted by Crippen LogP contribution is 2.36. The van der Waals surface area contributed by atoms with E-state index in [9.17, 15) is 4.79 Å². The van der Waals surface area contributed by atoms with Crippen molar-refractivity contribution >= 4 is 41.0 Å². The second-order valence-corrected chi connectivity index (χ2v) is 6.30. The molecule has 1 aliphatic rings. The molecule has 0 aliphatic carbocycles. The summed E-state index contributed by atoms with van der Waals surface area (Å²) in [6, 6.07) is 5.66. The van der Waals surface area contributed by atoms with Gasteiger partial charge in [-0.05, 0) is 24.3 Å². The molecule has 0 saturated carbocycles. The van der Waals surface area contributed by atoms with E-state index in [-0.39, 0.29) is 5.91 Å². The van der Waals surface area contributed by atoms with Gasteiger partial charge in [0.2, 0.25) is 0 Å². The molecule has 0 atom stereocenters. The van der Waals surface area contributed by atoms with Gasteiger partial charge in [-0.1, -0.05) is 11.6 Å². The number of aryl methyl sites for hydroxylation is 1. The van der Waals surface area contributed by atoms with Crippen LogP contribution in [0, 0.1) is 0 Å². The monoisotopic (exact) mass is 319 g/mol. The topological polar surface area (TPSA) is 38.1 Å². The summed E-state index contributed by atoms with van der Waals surface area (Å²) in [5.74, 6) is 0.851. The lowest BCUT2D eigenvalue weighted by molar-refractivity contribution is -0.114. The molecule has 0 saturated heterocycles. The van der Waals surface area contributed by atoms with Crippen LogP contribution in [-0.2, 0) is 11.8 Å². The van der Waals surface area contributed by atoms with Crippen LogP contribution in [0.1, 0.15) is 5.56 Å². The van der Waals surface area contributed by atoms with E-state index >= 15 is 0 Å². The van der Waals surface area contributed by atoms with Crippen molar-refractivity contribution in [3.63, 3.8) is 0 Å². The maximum absolute atomic E-state index is 12.4. The van der Waals surface area contributed by atoms with Crippen LogP contribution >= 0.6 is 23.4 Å². The van der Waals surface area contributed by atoms with Crippen molar-refractivity contribution in [3.8, 4) is 0 Å². The third kappa shape index (κ3) is 3.14. The van der Waals surface area contributed by atoms with Crippen molar-refractivity contribution in [3.05, 3.63) is 47.3 Å². The molecule has 2 heterocycles. The van der Waals surface area contributed by atoms with Gasteiger partial charge in [-0.3, -0.25) is 9.48 Å². The molecule has 0 unspecified atom stereocenters. The Bertz CT molecular complexity index is 711. The Morgan fingerprint density at radius 2 is 2.33 bits per heavy atom. The van der Waals surface area contributed by atoms with E-state index in [0.29, 0.717) is 11.6 Å². The van der Waals surface area contributed by atoms with E-state index in [2.05, 4.69) is 5.10 Å². The Morgan fingerprint density at radius 3 is 3.10 bits per heavy atom. The van der Waals surface area contributed by atoms with Gasteiger partial charge in [0.25, 0.3) is 5.91 Å². The van der Waals surface area contributed by atoms with E-state index in [1.807, 2.05) is 31.4 Å². The van der Waals surface area contributed by atoms with Gasteiger partial charge in [0.15, 0.2) is 0 Å². The molecule has 0 spiro atoms. The first kappa shape index (κ1) is 14.2. The lowest BCUT2D eigenvalue weighted by atomic mass is 10.2. The highest BCUT2D eigenvalue weighted by Gasteiger charge is 2.21.